The molecule has 0 aliphatic heterocycles. The van der Waals surface area contributed by atoms with E-state index in [0.29, 0.717) is 29.4 Å². The van der Waals surface area contributed by atoms with Crippen molar-refractivity contribution >= 4 is 5.78 Å². The summed E-state index contributed by atoms with van der Waals surface area (Å²) < 4.78 is 0. The molecule has 2 heteroatoms. The van der Waals surface area contributed by atoms with Crippen LogP contribution in [0, 0.1) is 17.3 Å². The van der Waals surface area contributed by atoms with Gasteiger partial charge in [-0.3, -0.25) is 9.78 Å². The summed E-state index contributed by atoms with van der Waals surface area (Å²) in [6.45, 7) is 11.2. The lowest BCUT2D eigenvalue weighted by molar-refractivity contribution is 0.0952. The van der Waals surface area contributed by atoms with E-state index in [1.165, 1.54) is 66.4 Å². The second-order valence-electron chi connectivity index (χ2n) is 12.1. The van der Waals surface area contributed by atoms with Crippen molar-refractivity contribution in [1.82, 2.24) is 4.98 Å². The minimum Gasteiger partial charge on any atom is -0.292 e. The molecule has 2 aromatic rings. The molecule has 2 aliphatic rings. The average Bonchev–Trinajstić information content (AvgIpc) is 3.22. The third-order valence-corrected chi connectivity index (χ3v) is 7.99. The van der Waals surface area contributed by atoms with Crippen molar-refractivity contribution in [2.24, 2.45) is 17.3 Å². The lowest BCUT2D eigenvalue weighted by Crippen LogP contribution is -2.18. The molecule has 2 atom stereocenters. The molecule has 2 nitrogen and oxygen atoms in total. The van der Waals surface area contributed by atoms with Gasteiger partial charge in [0.2, 0.25) is 0 Å². The van der Waals surface area contributed by atoms with Crippen LogP contribution in [0.3, 0.4) is 0 Å². The van der Waals surface area contributed by atoms with Crippen LogP contribution in [-0.4, -0.2) is 10.8 Å². The standard InChI is InChI=1S/C32H43NO.2H2/c1-23-7-5-9-27(23)14-11-25-13-17-30(33-22-25)31(34)21-26-12-16-28-19-24(10-15-29(28)20-26)8-6-18-32(2,3)4;;/h10,13,15,17,19,22,26-27H,1,5-9,11-12,14,16,18,20-21H2,2-4H3;2*1H/t26-,27-;;/m0../s1. The lowest BCUT2D eigenvalue weighted by Gasteiger charge is -2.25. The van der Waals surface area contributed by atoms with E-state index >= 15 is 0 Å². The SMILES string of the molecule is C=C1CCC[C@H]1CCc1ccc(C(=O)C[C@H]2CCc3cc(CCCC(C)(C)C)ccc3C2)nc1.[HH].[HH]. The van der Waals surface area contributed by atoms with Crippen LogP contribution >= 0.6 is 0 Å². The number of hydrogen-bond donors (Lipinski definition) is 0. The number of pyridine rings is 1. The number of aryl methyl sites for hydroxylation is 3. The van der Waals surface area contributed by atoms with Crippen LogP contribution in [0.15, 0.2) is 48.7 Å². The van der Waals surface area contributed by atoms with E-state index < -0.39 is 0 Å². The Morgan fingerprint density at radius 1 is 1.06 bits per heavy atom. The number of benzene rings is 1. The number of aromatic nitrogens is 1. The summed E-state index contributed by atoms with van der Waals surface area (Å²) in [5, 5.41) is 0. The molecule has 0 radical (unpaired) electrons. The first-order chi connectivity index (χ1) is 16.3. The quantitative estimate of drug-likeness (QED) is 0.276. The Balaban J connectivity index is 0.00000228. The predicted octanol–water partition coefficient (Wildman–Crippen LogP) is 8.61. The molecule has 0 spiro atoms. The highest BCUT2D eigenvalue weighted by molar-refractivity contribution is 5.94. The minimum atomic E-state index is 0. The van der Waals surface area contributed by atoms with Gasteiger partial charge < -0.3 is 0 Å². The van der Waals surface area contributed by atoms with Gasteiger partial charge in [-0.1, -0.05) is 57.2 Å². The number of fused-ring (bicyclic) bond motifs is 1. The molecule has 0 bridgehead atoms. The molecule has 1 aromatic carbocycles. The molecule has 0 amide bonds. The first-order valence-corrected chi connectivity index (χ1v) is 13.5. The second kappa shape index (κ2) is 11.0. The van der Waals surface area contributed by atoms with Gasteiger partial charge in [0, 0.05) is 15.5 Å². The Bertz CT molecular complexity index is 1010. The fourth-order valence-electron chi connectivity index (χ4n) is 5.81. The van der Waals surface area contributed by atoms with Crippen LogP contribution < -0.4 is 0 Å². The van der Waals surface area contributed by atoms with Crippen LogP contribution in [0.4, 0.5) is 0 Å². The Morgan fingerprint density at radius 2 is 1.88 bits per heavy atom. The van der Waals surface area contributed by atoms with E-state index in [2.05, 4.69) is 56.6 Å². The van der Waals surface area contributed by atoms with E-state index in [1.54, 1.807) is 0 Å². The Labute approximate surface area is 210 Å². The summed E-state index contributed by atoms with van der Waals surface area (Å²) in [5.74, 6) is 1.31. The number of carbonyl (C=O) groups excluding carboxylic acids is 1. The summed E-state index contributed by atoms with van der Waals surface area (Å²) in [6, 6.07) is 11.1. The molecule has 0 N–H and O–H groups in total. The zero-order chi connectivity index (χ0) is 24.1. The molecule has 0 saturated heterocycles. The largest absolute Gasteiger partial charge is 0.292 e. The van der Waals surface area contributed by atoms with E-state index in [4.69, 9.17) is 0 Å². The maximum absolute atomic E-state index is 12.9. The molecule has 1 saturated carbocycles. The van der Waals surface area contributed by atoms with Crippen molar-refractivity contribution in [3.05, 3.63) is 76.6 Å². The van der Waals surface area contributed by atoms with Gasteiger partial charge in [-0.05, 0) is 116 Å². The molecule has 1 fully saturated rings. The van der Waals surface area contributed by atoms with Gasteiger partial charge in [0.15, 0.2) is 5.78 Å². The van der Waals surface area contributed by atoms with E-state index in [9.17, 15) is 4.79 Å². The van der Waals surface area contributed by atoms with Crippen molar-refractivity contribution in [2.45, 2.75) is 97.8 Å². The predicted molar refractivity (Wildman–Crippen MR) is 147 cm³/mol. The lowest BCUT2D eigenvalue weighted by atomic mass is 9.80. The van der Waals surface area contributed by atoms with Gasteiger partial charge in [0.1, 0.15) is 5.69 Å². The summed E-state index contributed by atoms with van der Waals surface area (Å²) in [4.78, 5) is 17.5. The van der Waals surface area contributed by atoms with Crippen molar-refractivity contribution in [3.63, 3.8) is 0 Å². The maximum Gasteiger partial charge on any atom is 0.181 e. The number of Topliss-reactive ketones (excluding diaryl/α,β-unsaturated/α-hetero) is 1. The van der Waals surface area contributed by atoms with Gasteiger partial charge in [-0.15, -0.1) is 0 Å². The second-order valence-corrected chi connectivity index (χ2v) is 12.1. The number of allylic oxidation sites excluding steroid dienone is 1. The Hall–Kier alpha value is -2.22. The Morgan fingerprint density at radius 3 is 2.59 bits per heavy atom. The maximum atomic E-state index is 12.9. The van der Waals surface area contributed by atoms with Gasteiger partial charge in [0.25, 0.3) is 0 Å². The number of carbonyl (C=O) groups is 1. The molecule has 4 rings (SSSR count). The zero-order valence-corrected chi connectivity index (χ0v) is 21.7. The minimum absolute atomic E-state index is 0. The van der Waals surface area contributed by atoms with Gasteiger partial charge in [-0.2, -0.15) is 0 Å². The first-order valence-electron chi connectivity index (χ1n) is 13.5. The molecule has 0 unspecified atom stereocenters. The van der Waals surface area contributed by atoms with E-state index in [-0.39, 0.29) is 8.64 Å². The van der Waals surface area contributed by atoms with E-state index in [0.717, 1.165) is 32.1 Å². The zero-order valence-electron chi connectivity index (χ0n) is 21.7. The molecule has 2 aliphatic carbocycles. The van der Waals surface area contributed by atoms with Crippen LogP contribution in [0.5, 0.6) is 0 Å². The Kier molecular flexibility index (Phi) is 8.06. The summed E-state index contributed by atoms with van der Waals surface area (Å²) in [5.41, 5.74) is 8.12. The smallest absolute Gasteiger partial charge is 0.181 e. The monoisotopic (exact) mass is 461 g/mol. The van der Waals surface area contributed by atoms with Crippen molar-refractivity contribution in [3.8, 4) is 0 Å². The van der Waals surface area contributed by atoms with Crippen LogP contribution in [0.1, 0.15) is 108 Å². The summed E-state index contributed by atoms with van der Waals surface area (Å²) in [6.07, 6.45) is 15.4. The molecule has 1 aromatic heterocycles. The van der Waals surface area contributed by atoms with Gasteiger partial charge in [-0.25, -0.2) is 0 Å². The molecule has 34 heavy (non-hydrogen) atoms. The average molecular weight is 462 g/mol. The topological polar surface area (TPSA) is 30.0 Å². The van der Waals surface area contributed by atoms with Gasteiger partial charge >= 0.3 is 0 Å². The van der Waals surface area contributed by atoms with Crippen molar-refractivity contribution < 1.29 is 7.65 Å². The molecular formula is C32H47NO. The number of nitrogens with zero attached hydrogens (tertiary/aromatic N) is 1. The summed E-state index contributed by atoms with van der Waals surface area (Å²) >= 11 is 0. The fraction of sp³-hybridized carbons (Fsp3) is 0.562. The number of ketones is 1. The third kappa shape index (κ3) is 6.90. The fourth-order valence-corrected chi connectivity index (χ4v) is 5.81. The van der Waals surface area contributed by atoms with Crippen LogP contribution in [0.2, 0.25) is 0 Å². The van der Waals surface area contributed by atoms with E-state index in [1.807, 2.05) is 12.3 Å². The molecule has 1 heterocycles. The molecular weight excluding hydrogens is 414 g/mol. The summed E-state index contributed by atoms with van der Waals surface area (Å²) in [7, 11) is 0. The van der Waals surface area contributed by atoms with Crippen LogP contribution in [-0.2, 0) is 25.7 Å². The normalized spacial score (nSPS) is 20.4. The van der Waals surface area contributed by atoms with Gasteiger partial charge in [0.05, 0.1) is 0 Å². The highest BCUT2D eigenvalue weighted by Gasteiger charge is 2.23. The van der Waals surface area contributed by atoms with Crippen LogP contribution in [0.25, 0.3) is 0 Å². The number of rotatable bonds is 9. The van der Waals surface area contributed by atoms with Crippen molar-refractivity contribution in [1.29, 1.82) is 0 Å². The number of hydrogen-bond acceptors (Lipinski definition) is 2. The highest BCUT2D eigenvalue weighted by Crippen LogP contribution is 2.33. The van der Waals surface area contributed by atoms with Crippen molar-refractivity contribution in [2.75, 3.05) is 0 Å². The highest BCUT2D eigenvalue weighted by atomic mass is 16.1. The molecule has 186 valence electrons. The first kappa shape index (κ1) is 24.9. The third-order valence-electron chi connectivity index (χ3n) is 7.99.